The summed E-state index contributed by atoms with van der Waals surface area (Å²) in [6.45, 7) is 1.74. The van der Waals surface area contributed by atoms with Gasteiger partial charge in [0.2, 0.25) is 0 Å². The summed E-state index contributed by atoms with van der Waals surface area (Å²) < 4.78 is 18.3. The van der Waals surface area contributed by atoms with E-state index in [1.807, 2.05) is 0 Å². The molecule has 0 radical (unpaired) electrons. The van der Waals surface area contributed by atoms with Crippen molar-refractivity contribution in [1.29, 1.82) is 0 Å². The molecule has 1 aliphatic rings. The second-order valence-electron chi connectivity index (χ2n) is 4.51. The number of halogens is 1. The van der Waals surface area contributed by atoms with Gasteiger partial charge in [-0.1, -0.05) is 6.07 Å². The highest BCUT2D eigenvalue weighted by atomic mass is 19.1. The van der Waals surface area contributed by atoms with E-state index in [1.165, 1.54) is 18.2 Å². The fourth-order valence-corrected chi connectivity index (χ4v) is 1.94. The number of amides is 2. The van der Waals surface area contributed by atoms with E-state index in [9.17, 15) is 9.18 Å². The van der Waals surface area contributed by atoms with E-state index in [2.05, 4.69) is 5.32 Å². The molecule has 2 N–H and O–H groups in total. The number of urea groups is 1. The molecule has 1 aromatic carbocycles. The van der Waals surface area contributed by atoms with Gasteiger partial charge in [-0.05, 0) is 18.2 Å². The van der Waals surface area contributed by atoms with Crippen LogP contribution in [0.2, 0.25) is 0 Å². The summed E-state index contributed by atoms with van der Waals surface area (Å²) >= 11 is 0. The average Bonchev–Trinajstić information content (AvgIpc) is 2.64. The number of anilines is 1. The molecule has 0 aromatic heterocycles. The van der Waals surface area contributed by atoms with Crippen LogP contribution in [0.25, 0.3) is 0 Å². The highest BCUT2D eigenvalue weighted by Gasteiger charge is 2.22. The Bertz CT molecular complexity index is 442. The highest BCUT2D eigenvalue weighted by molar-refractivity contribution is 5.89. The van der Waals surface area contributed by atoms with Crippen LogP contribution in [0.1, 0.15) is 0 Å². The monoisotopic (exact) mass is 268 g/mol. The summed E-state index contributed by atoms with van der Waals surface area (Å²) in [6.07, 6.45) is 0. The van der Waals surface area contributed by atoms with Gasteiger partial charge in [0.15, 0.2) is 0 Å². The van der Waals surface area contributed by atoms with Crippen molar-refractivity contribution in [3.8, 4) is 0 Å². The third-order valence-corrected chi connectivity index (χ3v) is 2.96. The molecule has 2 amide bonds. The SMILES string of the molecule is O=C(Nc1cccc(F)c1)N1CCOC[C@@H](CO)C1. The molecule has 1 atom stereocenters. The number of aliphatic hydroxyl groups excluding tert-OH is 1. The third-order valence-electron chi connectivity index (χ3n) is 2.96. The van der Waals surface area contributed by atoms with Crippen molar-refractivity contribution in [1.82, 2.24) is 4.90 Å². The first-order valence-corrected chi connectivity index (χ1v) is 6.19. The second kappa shape index (κ2) is 6.49. The average molecular weight is 268 g/mol. The van der Waals surface area contributed by atoms with E-state index in [-0.39, 0.29) is 18.6 Å². The molecule has 0 saturated carbocycles. The Morgan fingerprint density at radius 2 is 2.42 bits per heavy atom. The van der Waals surface area contributed by atoms with Crippen LogP contribution in [0.3, 0.4) is 0 Å². The molecule has 1 fully saturated rings. The molecule has 1 aliphatic heterocycles. The third kappa shape index (κ3) is 3.90. The van der Waals surface area contributed by atoms with E-state index < -0.39 is 5.82 Å². The zero-order valence-corrected chi connectivity index (χ0v) is 10.5. The fourth-order valence-electron chi connectivity index (χ4n) is 1.94. The smallest absolute Gasteiger partial charge is 0.321 e. The van der Waals surface area contributed by atoms with E-state index in [4.69, 9.17) is 9.84 Å². The van der Waals surface area contributed by atoms with Crippen LogP contribution in [0.5, 0.6) is 0 Å². The zero-order valence-electron chi connectivity index (χ0n) is 10.5. The Morgan fingerprint density at radius 1 is 1.58 bits per heavy atom. The van der Waals surface area contributed by atoms with E-state index in [0.29, 0.717) is 32.0 Å². The molecule has 5 nitrogen and oxygen atoms in total. The number of nitrogens with one attached hydrogen (secondary N) is 1. The zero-order chi connectivity index (χ0) is 13.7. The molecular formula is C13H17FN2O3. The molecule has 2 rings (SSSR count). The Labute approximate surface area is 111 Å². The first-order chi connectivity index (χ1) is 9.19. The summed E-state index contributed by atoms with van der Waals surface area (Å²) in [4.78, 5) is 13.6. The van der Waals surface area contributed by atoms with Crippen molar-refractivity contribution in [3.63, 3.8) is 0 Å². The van der Waals surface area contributed by atoms with Crippen molar-refractivity contribution in [3.05, 3.63) is 30.1 Å². The minimum atomic E-state index is -0.398. The molecule has 0 aliphatic carbocycles. The van der Waals surface area contributed by atoms with Crippen molar-refractivity contribution >= 4 is 11.7 Å². The minimum absolute atomic E-state index is 0.0241. The lowest BCUT2D eigenvalue weighted by Crippen LogP contribution is -2.39. The number of aliphatic hydroxyl groups is 1. The van der Waals surface area contributed by atoms with Gasteiger partial charge < -0.3 is 20.1 Å². The lowest BCUT2D eigenvalue weighted by atomic mass is 10.2. The molecule has 0 unspecified atom stereocenters. The number of hydrogen-bond donors (Lipinski definition) is 2. The summed E-state index contributed by atoms with van der Waals surface area (Å²) in [5, 5.41) is 11.8. The lowest BCUT2D eigenvalue weighted by molar-refractivity contribution is 0.0958. The Balaban J connectivity index is 1.98. The van der Waals surface area contributed by atoms with Gasteiger partial charge in [0.05, 0.1) is 13.2 Å². The van der Waals surface area contributed by atoms with Gasteiger partial charge in [-0.3, -0.25) is 0 Å². The van der Waals surface area contributed by atoms with Crippen LogP contribution in [0, 0.1) is 11.7 Å². The molecule has 104 valence electrons. The maximum absolute atomic E-state index is 13.0. The first-order valence-electron chi connectivity index (χ1n) is 6.19. The van der Waals surface area contributed by atoms with Gasteiger partial charge in [-0.2, -0.15) is 0 Å². The van der Waals surface area contributed by atoms with Crippen LogP contribution < -0.4 is 5.32 Å². The number of rotatable bonds is 2. The molecular weight excluding hydrogens is 251 g/mol. The molecule has 1 saturated heterocycles. The van der Waals surface area contributed by atoms with Crippen LogP contribution in [0.15, 0.2) is 24.3 Å². The minimum Gasteiger partial charge on any atom is -0.396 e. The largest absolute Gasteiger partial charge is 0.396 e. The number of carbonyl (C=O) groups excluding carboxylic acids is 1. The Hall–Kier alpha value is -1.66. The van der Waals surface area contributed by atoms with Crippen LogP contribution in [-0.4, -0.2) is 48.9 Å². The lowest BCUT2D eigenvalue weighted by Gasteiger charge is -2.23. The highest BCUT2D eigenvalue weighted by Crippen LogP contribution is 2.12. The number of carbonyl (C=O) groups is 1. The van der Waals surface area contributed by atoms with Gasteiger partial charge in [-0.15, -0.1) is 0 Å². The quantitative estimate of drug-likeness (QED) is 0.850. The molecule has 6 heteroatoms. The van der Waals surface area contributed by atoms with E-state index in [0.717, 1.165) is 0 Å². The first kappa shape index (κ1) is 13.8. The predicted octanol–water partition coefficient (Wildman–Crippen LogP) is 1.30. The molecule has 19 heavy (non-hydrogen) atoms. The summed E-state index contributed by atoms with van der Waals surface area (Å²) in [7, 11) is 0. The number of benzene rings is 1. The van der Waals surface area contributed by atoms with Gasteiger partial charge in [-0.25, -0.2) is 9.18 Å². The van der Waals surface area contributed by atoms with Crippen molar-refractivity contribution in [2.75, 3.05) is 38.2 Å². The van der Waals surface area contributed by atoms with Crippen LogP contribution >= 0.6 is 0 Å². The topological polar surface area (TPSA) is 61.8 Å². The Morgan fingerprint density at radius 3 is 3.16 bits per heavy atom. The summed E-state index contributed by atoms with van der Waals surface area (Å²) in [5.74, 6) is -0.481. The normalized spacial score (nSPS) is 19.9. The van der Waals surface area contributed by atoms with E-state index >= 15 is 0 Å². The van der Waals surface area contributed by atoms with Gasteiger partial charge in [0, 0.05) is 31.3 Å². The number of nitrogens with zero attached hydrogens (tertiary/aromatic N) is 1. The van der Waals surface area contributed by atoms with Gasteiger partial charge in [0.25, 0.3) is 0 Å². The second-order valence-corrected chi connectivity index (χ2v) is 4.51. The summed E-state index contributed by atoms with van der Waals surface area (Å²) in [6, 6.07) is 5.42. The van der Waals surface area contributed by atoms with Crippen molar-refractivity contribution in [2.45, 2.75) is 0 Å². The predicted molar refractivity (Wildman–Crippen MR) is 68.4 cm³/mol. The molecule has 1 heterocycles. The van der Waals surface area contributed by atoms with Crippen LogP contribution in [0.4, 0.5) is 14.9 Å². The van der Waals surface area contributed by atoms with Crippen LogP contribution in [-0.2, 0) is 4.74 Å². The number of hydrogen-bond acceptors (Lipinski definition) is 3. The maximum Gasteiger partial charge on any atom is 0.321 e. The Kier molecular flexibility index (Phi) is 4.70. The van der Waals surface area contributed by atoms with Gasteiger partial charge in [0.1, 0.15) is 5.82 Å². The molecule has 1 aromatic rings. The number of ether oxygens (including phenoxy) is 1. The van der Waals surface area contributed by atoms with Crippen molar-refractivity contribution < 1.29 is 19.0 Å². The maximum atomic E-state index is 13.0. The fraction of sp³-hybridized carbons (Fsp3) is 0.462. The standard InChI is InChI=1S/C13H17FN2O3/c14-11-2-1-3-12(6-11)15-13(18)16-4-5-19-9-10(7-16)8-17/h1-3,6,10,17H,4-5,7-9H2,(H,15,18)/t10-/m1/s1. The van der Waals surface area contributed by atoms with Crippen molar-refractivity contribution in [2.24, 2.45) is 5.92 Å². The summed E-state index contributed by atoms with van der Waals surface area (Å²) in [5.41, 5.74) is 0.413. The molecule has 0 spiro atoms. The van der Waals surface area contributed by atoms with Gasteiger partial charge >= 0.3 is 6.03 Å². The molecule has 0 bridgehead atoms. The van der Waals surface area contributed by atoms with E-state index in [1.54, 1.807) is 11.0 Å².